The fourth-order valence-electron chi connectivity index (χ4n) is 4.03. The Morgan fingerprint density at radius 3 is 2.36 bits per heavy atom. The van der Waals surface area contributed by atoms with Gasteiger partial charge in [-0.2, -0.15) is 0 Å². The maximum atomic E-state index is 12.8. The number of amides is 2. The van der Waals surface area contributed by atoms with Crippen molar-refractivity contribution in [3.8, 4) is 0 Å². The summed E-state index contributed by atoms with van der Waals surface area (Å²) >= 11 is 7.08. The number of rotatable bonds is 5. The molecule has 1 heterocycles. The first-order chi connectivity index (χ1) is 13.4. The molecule has 2 aromatic rings. The lowest BCUT2D eigenvalue weighted by molar-refractivity contribution is -0.146. The molecule has 2 amide bonds. The van der Waals surface area contributed by atoms with E-state index in [-0.39, 0.29) is 23.7 Å². The number of hydrogen-bond donors (Lipinski definition) is 3. The van der Waals surface area contributed by atoms with Crippen LogP contribution in [0.3, 0.4) is 0 Å². The smallest absolute Gasteiger partial charge is 0.307 e. The zero-order chi connectivity index (χ0) is 19.8. The molecule has 1 aromatic carbocycles. The summed E-state index contributed by atoms with van der Waals surface area (Å²) in [5, 5.41) is 17.7. The number of hydrogen-bond acceptors (Lipinski definition) is 4. The van der Waals surface area contributed by atoms with Crippen molar-refractivity contribution in [2.75, 3.05) is 10.6 Å². The minimum absolute atomic E-state index is 0.0718. The molecule has 2 aliphatic carbocycles. The molecular weight excluding hydrogens is 400 g/mol. The first-order valence-corrected chi connectivity index (χ1v) is 10.1. The molecule has 3 N–H and O–H groups in total. The molecule has 8 heteroatoms. The molecule has 0 saturated heterocycles. The molecule has 4 atom stereocenters. The second kappa shape index (κ2) is 7.41. The van der Waals surface area contributed by atoms with Gasteiger partial charge in [0.2, 0.25) is 5.91 Å². The lowest BCUT2D eigenvalue weighted by atomic mass is 9.82. The van der Waals surface area contributed by atoms with Crippen molar-refractivity contribution >= 4 is 51.4 Å². The Morgan fingerprint density at radius 2 is 1.68 bits per heavy atom. The third kappa shape index (κ3) is 3.43. The van der Waals surface area contributed by atoms with Crippen LogP contribution in [0.15, 0.2) is 47.9 Å². The fourth-order valence-corrected chi connectivity index (χ4v) is 4.94. The van der Waals surface area contributed by atoms with Crippen molar-refractivity contribution in [1.82, 2.24) is 0 Å². The first-order valence-electron chi connectivity index (χ1n) is 8.80. The van der Waals surface area contributed by atoms with Gasteiger partial charge in [0, 0.05) is 10.7 Å². The van der Waals surface area contributed by atoms with Gasteiger partial charge >= 0.3 is 5.97 Å². The Morgan fingerprint density at radius 1 is 1.00 bits per heavy atom. The van der Waals surface area contributed by atoms with Crippen molar-refractivity contribution in [3.05, 3.63) is 58.5 Å². The number of carboxylic acids is 1. The zero-order valence-corrected chi connectivity index (χ0v) is 16.2. The zero-order valence-electron chi connectivity index (χ0n) is 14.6. The number of carbonyl (C=O) groups is 3. The highest BCUT2D eigenvalue weighted by atomic mass is 35.5. The number of fused-ring (bicyclic) bond motifs is 2. The minimum atomic E-state index is -0.955. The molecule has 28 heavy (non-hydrogen) atoms. The molecule has 2 bridgehead atoms. The Kier molecular flexibility index (Phi) is 4.95. The van der Waals surface area contributed by atoms with E-state index in [0.29, 0.717) is 27.7 Å². The number of allylic oxidation sites excluding steroid dienone is 2. The van der Waals surface area contributed by atoms with Crippen molar-refractivity contribution in [2.45, 2.75) is 6.42 Å². The summed E-state index contributed by atoms with van der Waals surface area (Å²) in [5.74, 6) is -3.19. The van der Waals surface area contributed by atoms with E-state index in [1.54, 1.807) is 35.7 Å². The predicted molar refractivity (Wildman–Crippen MR) is 108 cm³/mol. The first kappa shape index (κ1) is 18.7. The minimum Gasteiger partial charge on any atom is -0.481 e. The van der Waals surface area contributed by atoms with Crippen LogP contribution >= 0.6 is 22.9 Å². The van der Waals surface area contributed by atoms with Crippen LogP contribution in [-0.2, 0) is 9.59 Å². The Labute approximate surface area is 170 Å². The topological polar surface area (TPSA) is 95.5 Å². The van der Waals surface area contributed by atoms with Crippen LogP contribution in [0.1, 0.15) is 16.8 Å². The average Bonchev–Trinajstić information content (AvgIpc) is 3.38. The van der Waals surface area contributed by atoms with Crippen LogP contribution in [-0.4, -0.2) is 22.9 Å². The summed E-state index contributed by atoms with van der Waals surface area (Å²) in [7, 11) is 0. The molecular formula is C20H17ClN2O4S. The summed E-state index contributed by atoms with van der Waals surface area (Å²) in [5.41, 5.74) is 0.918. The van der Waals surface area contributed by atoms with Crippen LogP contribution in [0.25, 0.3) is 0 Å². The van der Waals surface area contributed by atoms with Gasteiger partial charge in [-0.15, -0.1) is 11.3 Å². The molecule has 0 radical (unpaired) electrons. The molecule has 1 aromatic heterocycles. The third-order valence-corrected chi connectivity index (χ3v) is 6.38. The van der Waals surface area contributed by atoms with Gasteiger partial charge in [0.15, 0.2) is 0 Å². The van der Waals surface area contributed by atoms with Gasteiger partial charge in [-0.25, -0.2) is 0 Å². The van der Waals surface area contributed by atoms with E-state index >= 15 is 0 Å². The third-order valence-electron chi connectivity index (χ3n) is 5.30. The predicted octanol–water partition coefficient (Wildman–Crippen LogP) is 4.12. The number of halogens is 1. The van der Waals surface area contributed by atoms with E-state index in [1.165, 1.54) is 11.3 Å². The Bertz CT molecular complexity index is 969. The molecule has 1 saturated carbocycles. The SMILES string of the molecule is O=C(Nc1ccc(Cl)cc1)c1ccsc1NC(=O)[C@H]1[C@@H](C(=O)O)[C@H]2C=C[C@@H]1C2. The highest BCUT2D eigenvalue weighted by molar-refractivity contribution is 7.14. The van der Waals surface area contributed by atoms with E-state index < -0.39 is 17.8 Å². The quantitative estimate of drug-likeness (QED) is 0.639. The van der Waals surface area contributed by atoms with Gasteiger partial charge in [0.25, 0.3) is 5.91 Å². The second-order valence-corrected chi connectivity index (χ2v) is 8.30. The maximum absolute atomic E-state index is 12.8. The van der Waals surface area contributed by atoms with E-state index in [2.05, 4.69) is 10.6 Å². The van der Waals surface area contributed by atoms with Gasteiger partial charge in [-0.1, -0.05) is 23.8 Å². The van der Waals surface area contributed by atoms with E-state index in [9.17, 15) is 19.5 Å². The van der Waals surface area contributed by atoms with E-state index in [1.807, 2.05) is 12.2 Å². The molecule has 144 valence electrons. The second-order valence-electron chi connectivity index (χ2n) is 6.95. The van der Waals surface area contributed by atoms with Crippen LogP contribution in [0.2, 0.25) is 5.02 Å². The van der Waals surface area contributed by atoms with Crippen LogP contribution < -0.4 is 10.6 Å². The largest absolute Gasteiger partial charge is 0.481 e. The normalized spacial score (nSPS) is 24.9. The number of thiophene rings is 1. The Balaban J connectivity index is 1.49. The fraction of sp³-hybridized carbons (Fsp3) is 0.250. The summed E-state index contributed by atoms with van der Waals surface area (Å²) in [6, 6.07) is 8.33. The lowest BCUT2D eigenvalue weighted by Gasteiger charge is -2.23. The van der Waals surface area contributed by atoms with Crippen LogP contribution in [0.4, 0.5) is 10.7 Å². The van der Waals surface area contributed by atoms with Crippen LogP contribution in [0, 0.1) is 23.7 Å². The van der Waals surface area contributed by atoms with Gasteiger partial charge in [0.05, 0.1) is 17.4 Å². The Hall–Kier alpha value is -2.64. The van der Waals surface area contributed by atoms with Gasteiger partial charge < -0.3 is 15.7 Å². The van der Waals surface area contributed by atoms with Gasteiger partial charge in [-0.05, 0) is 54.0 Å². The van der Waals surface area contributed by atoms with E-state index in [0.717, 1.165) is 0 Å². The van der Waals surface area contributed by atoms with Crippen molar-refractivity contribution in [2.24, 2.45) is 23.7 Å². The molecule has 2 aliphatic rings. The summed E-state index contributed by atoms with van der Waals surface area (Å²) in [4.78, 5) is 37.1. The average molecular weight is 417 g/mol. The number of nitrogens with one attached hydrogen (secondary N) is 2. The molecule has 0 spiro atoms. The number of aliphatic carboxylic acids is 1. The number of carboxylic acid groups (broad SMARTS) is 1. The summed E-state index contributed by atoms with van der Waals surface area (Å²) in [6.45, 7) is 0. The number of anilines is 2. The standard InChI is InChI=1S/C20H17ClN2O4S/c21-12-3-5-13(6-4-12)22-17(24)14-7-8-28-19(14)23-18(25)15-10-1-2-11(9-10)16(15)20(26)27/h1-8,10-11,15-16H,9H2,(H,22,24)(H,23,25)(H,26,27)/t10-,11+,15-,16+/m1/s1. The molecule has 4 rings (SSSR count). The monoisotopic (exact) mass is 416 g/mol. The maximum Gasteiger partial charge on any atom is 0.307 e. The molecule has 0 unspecified atom stereocenters. The molecule has 1 fully saturated rings. The van der Waals surface area contributed by atoms with Crippen molar-refractivity contribution in [1.29, 1.82) is 0 Å². The molecule has 6 nitrogen and oxygen atoms in total. The molecule has 0 aliphatic heterocycles. The highest BCUT2D eigenvalue weighted by Crippen LogP contribution is 2.48. The van der Waals surface area contributed by atoms with Gasteiger partial charge in [-0.3, -0.25) is 14.4 Å². The summed E-state index contributed by atoms with van der Waals surface area (Å²) in [6.07, 6.45) is 4.50. The van der Waals surface area contributed by atoms with Crippen molar-refractivity contribution in [3.63, 3.8) is 0 Å². The summed E-state index contributed by atoms with van der Waals surface area (Å²) < 4.78 is 0. The lowest BCUT2D eigenvalue weighted by Crippen LogP contribution is -2.36. The van der Waals surface area contributed by atoms with Crippen molar-refractivity contribution < 1.29 is 19.5 Å². The van der Waals surface area contributed by atoms with E-state index in [4.69, 9.17) is 11.6 Å². The van der Waals surface area contributed by atoms with Crippen LogP contribution in [0.5, 0.6) is 0 Å². The van der Waals surface area contributed by atoms with Gasteiger partial charge in [0.1, 0.15) is 5.00 Å². The number of benzene rings is 1. The number of carbonyl (C=O) groups excluding carboxylic acids is 2. The highest BCUT2D eigenvalue weighted by Gasteiger charge is 2.51.